The maximum atomic E-state index is 13.7. The number of hydrogen-bond acceptors (Lipinski definition) is 7. The van der Waals surface area contributed by atoms with Crippen molar-refractivity contribution >= 4 is 35.2 Å². The number of amides is 3. The van der Waals surface area contributed by atoms with Gasteiger partial charge in [0.05, 0.1) is 36.7 Å². The molecule has 0 spiro atoms. The molecule has 2 fully saturated rings. The standard InChI is InChI=1S/C35H38N4O5/c1-43-30-14-13-27(24-31(30)44-2)39-34(41)28-11-6-12-29(32(28)35(39)42)37-18-15-26(16-19-37)33(40)38-22-20-36(21-23-38)17-7-10-25-8-4-3-5-9-25/h3-14,24,26H,15-23H2,1-2H3/b10-7+. The molecule has 228 valence electrons. The van der Waals surface area contributed by atoms with Gasteiger partial charge in [0, 0.05) is 57.8 Å². The third-order valence-corrected chi connectivity index (χ3v) is 8.86. The van der Waals surface area contributed by atoms with Crippen molar-refractivity contribution in [3.63, 3.8) is 0 Å². The number of carbonyl (C=O) groups is 3. The fraction of sp³-hybridized carbons (Fsp3) is 0.343. The molecule has 0 bridgehead atoms. The molecule has 44 heavy (non-hydrogen) atoms. The van der Waals surface area contributed by atoms with E-state index in [1.807, 2.05) is 35.2 Å². The number of rotatable bonds is 8. The van der Waals surface area contributed by atoms with Crippen molar-refractivity contribution in [3.05, 3.63) is 89.5 Å². The van der Waals surface area contributed by atoms with Crippen molar-refractivity contribution in [1.29, 1.82) is 0 Å². The molecule has 9 heteroatoms. The number of carbonyl (C=O) groups excluding carboxylic acids is 3. The third-order valence-electron chi connectivity index (χ3n) is 8.86. The molecule has 0 atom stereocenters. The van der Waals surface area contributed by atoms with Crippen molar-refractivity contribution < 1.29 is 23.9 Å². The molecule has 3 aromatic carbocycles. The van der Waals surface area contributed by atoms with Crippen molar-refractivity contribution in [1.82, 2.24) is 9.80 Å². The van der Waals surface area contributed by atoms with E-state index in [9.17, 15) is 14.4 Å². The van der Waals surface area contributed by atoms with Gasteiger partial charge in [0.1, 0.15) is 0 Å². The molecule has 0 aliphatic carbocycles. The highest BCUT2D eigenvalue weighted by atomic mass is 16.5. The molecule has 3 aromatic rings. The van der Waals surface area contributed by atoms with E-state index < -0.39 is 0 Å². The van der Waals surface area contributed by atoms with Crippen LogP contribution in [0.5, 0.6) is 11.5 Å². The first-order chi connectivity index (χ1) is 21.5. The Labute approximate surface area is 258 Å². The molecule has 6 rings (SSSR count). The Morgan fingerprint density at radius 2 is 1.55 bits per heavy atom. The van der Waals surface area contributed by atoms with Gasteiger partial charge in [-0.2, -0.15) is 0 Å². The highest BCUT2D eigenvalue weighted by Crippen LogP contribution is 2.39. The molecule has 3 amide bonds. The maximum absolute atomic E-state index is 13.7. The summed E-state index contributed by atoms with van der Waals surface area (Å²) in [6.45, 7) is 5.39. The molecule has 0 unspecified atom stereocenters. The number of fused-ring (bicyclic) bond motifs is 1. The molecular formula is C35H38N4O5. The first-order valence-electron chi connectivity index (χ1n) is 15.2. The Kier molecular flexibility index (Phi) is 8.65. The predicted octanol–water partition coefficient (Wildman–Crippen LogP) is 4.58. The lowest BCUT2D eigenvalue weighted by Crippen LogP contribution is -2.51. The number of hydrogen-bond donors (Lipinski definition) is 0. The molecular weight excluding hydrogens is 556 g/mol. The number of nitrogens with zero attached hydrogens (tertiary/aromatic N) is 4. The van der Waals surface area contributed by atoms with E-state index in [-0.39, 0.29) is 23.6 Å². The summed E-state index contributed by atoms with van der Waals surface area (Å²) in [6.07, 6.45) is 5.76. The van der Waals surface area contributed by atoms with E-state index in [1.165, 1.54) is 24.7 Å². The Hall–Kier alpha value is -4.63. The Balaban J connectivity index is 1.06. The number of piperidine rings is 1. The van der Waals surface area contributed by atoms with Crippen LogP contribution in [0.2, 0.25) is 0 Å². The van der Waals surface area contributed by atoms with Gasteiger partial charge < -0.3 is 19.3 Å². The zero-order chi connectivity index (χ0) is 30.6. The van der Waals surface area contributed by atoms with Crippen LogP contribution in [0.4, 0.5) is 11.4 Å². The van der Waals surface area contributed by atoms with Crippen LogP contribution in [0.3, 0.4) is 0 Å². The van der Waals surface area contributed by atoms with Crippen LogP contribution in [0.15, 0.2) is 72.8 Å². The van der Waals surface area contributed by atoms with Gasteiger partial charge in [0.2, 0.25) is 5.91 Å². The van der Waals surface area contributed by atoms with Gasteiger partial charge in [-0.1, -0.05) is 48.6 Å². The molecule has 0 radical (unpaired) electrons. The second-order valence-corrected chi connectivity index (χ2v) is 11.4. The second kappa shape index (κ2) is 12.9. The van der Waals surface area contributed by atoms with E-state index in [1.54, 1.807) is 24.3 Å². The minimum Gasteiger partial charge on any atom is -0.493 e. The Morgan fingerprint density at radius 1 is 0.818 bits per heavy atom. The number of piperazine rings is 1. The van der Waals surface area contributed by atoms with E-state index in [0.717, 1.165) is 38.4 Å². The van der Waals surface area contributed by atoms with Crippen LogP contribution in [0.1, 0.15) is 39.1 Å². The van der Waals surface area contributed by atoms with Crippen molar-refractivity contribution in [2.24, 2.45) is 5.92 Å². The van der Waals surface area contributed by atoms with E-state index in [0.29, 0.717) is 54.2 Å². The maximum Gasteiger partial charge on any atom is 0.268 e. The van der Waals surface area contributed by atoms with Crippen LogP contribution in [0, 0.1) is 5.92 Å². The lowest BCUT2D eigenvalue weighted by atomic mass is 9.93. The van der Waals surface area contributed by atoms with Crippen molar-refractivity contribution in [2.75, 3.05) is 69.8 Å². The summed E-state index contributed by atoms with van der Waals surface area (Å²) in [6, 6.07) is 20.7. The zero-order valence-electron chi connectivity index (χ0n) is 25.3. The minimum atomic E-state index is -0.362. The van der Waals surface area contributed by atoms with E-state index in [4.69, 9.17) is 9.47 Å². The predicted molar refractivity (Wildman–Crippen MR) is 171 cm³/mol. The van der Waals surface area contributed by atoms with Crippen molar-refractivity contribution in [3.8, 4) is 11.5 Å². The summed E-state index contributed by atoms with van der Waals surface area (Å²) in [5.41, 5.74) is 3.16. The van der Waals surface area contributed by atoms with Gasteiger partial charge in [-0.15, -0.1) is 0 Å². The normalized spacial score (nSPS) is 17.8. The lowest BCUT2D eigenvalue weighted by molar-refractivity contribution is -0.137. The quantitative estimate of drug-likeness (QED) is 0.353. The molecule has 9 nitrogen and oxygen atoms in total. The SMILES string of the molecule is COc1ccc(N2C(=O)c3cccc(N4CCC(C(=O)N5CCN(C/C=C/c6ccccc6)CC5)CC4)c3C2=O)cc1OC. The van der Waals surface area contributed by atoms with E-state index >= 15 is 0 Å². The molecule has 3 aliphatic heterocycles. The van der Waals surface area contributed by atoms with Crippen LogP contribution < -0.4 is 19.3 Å². The molecule has 3 heterocycles. The van der Waals surface area contributed by atoms with Crippen molar-refractivity contribution in [2.45, 2.75) is 12.8 Å². The number of anilines is 2. The summed E-state index contributed by atoms with van der Waals surface area (Å²) in [4.78, 5) is 48.3. The van der Waals surface area contributed by atoms with Crippen LogP contribution in [-0.2, 0) is 4.79 Å². The second-order valence-electron chi connectivity index (χ2n) is 11.4. The van der Waals surface area contributed by atoms with Gasteiger partial charge in [0.25, 0.3) is 11.8 Å². The average molecular weight is 595 g/mol. The number of ether oxygens (including phenoxy) is 2. The van der Waals surface area contributed by atoms with Crippen LogP contribution in [-0.4, -0.2) is 87.6 Å². The summed E-state index contributed by atoms with van der Waals surface area (Å²) < 4.78 is 10.7. The topological polar surface area (TPSA) is 82.6 Å². The summed E-state index contributed by atoms with van der Waals surface area (Å²) in [5, 5.41) is 0. The molecule has 0 saturated carbocycles. The Bertz CT molecular complexity index is 1560. The molecule has 2 saturated heterocycles. The summed E-state index contributed by atoms with van der Waals surface area (Å²) in [7, 11) is 3.05. The smallest absolute Gasteiger partial charge is 0.268 e. The summed E-state index contributed by atoms with van der Waals surface area (Å²) in [5.74, 6) is 0.432. The fourth-order valence-electron chi connectivity index (χ4n) is 6.41. The average Bonchev–Trinajstić information content (AvgIpc) is 3.34. The highest BCUT2D eigenvalue weighted by Gasteiger charge is 2.40. The minimum absolute atomic E-state index is 0.0341. The zero-order valence-corrected chi connectivity index (χ0v) is 25.3. The van der Waals surface area contributed by atoms with Gasteiger partial charge in [-0.05, 0) is 42.7 Å². The third kappa shape index (κ3) is 5.79. The fourth-order valence-corrected chi connectivity index (χ4v) is 6.41. The first kappa shape index (κ1) is 29.4. The van der Waals surface area contributed by atoms with Gasteiger partial charge in [0.15, 0.2) is 11.5 Å². The number of methoxy groups -OCH3 is 2. The van der Waals surface area contributed by atoms with Gasteiger partial charge >= 0.3 is 0 Å². The Morgan fingerprint density at radius 3 is 2.25 bits per heavy atom. The summed E-state index contributed by atoms with van der Waals surface area (Å²) >= 11 is 0. The lowest BCUT2D eigenvalue weighted by Gasteiger charge is -2.39. The van der Waals surface area contributed by atoms with E-state index in [2.05, 4.69) is 34.1 Å². The van der Waals surface area contributed by atoms with Crippen LogP contribution in [0.25, 0.3) is 6.08 Å². The van der Waals surface area contributed by atoms with Gasteiger partial charge in [-0.3, -0.25) is 19.3 Å². The largest absolute Gasteiger partial charge is 0.493 e. The number of benzene rings is 3. The highest BCUT2D eigenvalue weighted by molar-refractivity contribution is 6.36. The molecule has 3 aliphatic rings. The molecule has 0 aromatic heterocycles. The number of imide groups is 1. The van der Waals surface area contributed by atoms with Crippen LogP contribution >= 0.6 is 0 Å². The molecule has 0 N–H and O–H groups in total. The van der Waals surface area contributed by atoms with Gasteiger partial charge in [-0.25, -0.2) is 4.90 Å². The monoisotopic (exact) mass is 594 g/mol. The first-order valence-corrected chi connectivity index (χ1v) is 15.2.